The summed E-state index contributed by atoms with van der Waals surface area (Å²) in [5, 5.41) is 2.99. The lowest BCUT2D eigenvalue weighted by molar-refractivity contribution is -0.118. The maximum absolute atomic E-state index is 12.0. The molecule has 1 aromatic heterocycles. The maximum atomic E-state index is 12.0. The van der Waals surface area contributed by atoms with E-state index >= 15 is 0 Å². The number of amides is 1. The number of hydrogen-bond acceptors (Lipinski definition) is 3. The van der Waals surface area contributed by atoms with Crippen LogP contribution in [0.15, 0.2) is 18.2 Å². The fourth-order valence-electron chi connectivity index (χ4n) is 3.55. The molecular formula is C21H32N4O. The lowest BCUT2D eigenvalue weighted by Gasteiger charge is -2.26. The number of piperidine rings is 1. The number of rotatable bonds is 7. The van der Waals surface area contributed by atoms with Gasteiger partial charge in [-0.3, -0.25) is 9.69 Å². The van der Waals surface area contributed by atoms with Gasteiger partial charge in [0, 0.05) is 18.2 Å². The molecule has 1 fully saturated rings. The number of benzene rings is 1. The van der Waals surface area contributed by atoms with E-state index in [9.17, 15) is 4.79 Å². The van der Waals surface area contributed by atoms with Crippen LogP contribution in [0.1, 0.15) is 58.7 Å². The van der Waals surface area contributed by atoms with Gasteiger partial charge in [0.25, 0.3) is 0 Å². The van der Waals surface area contributed by atoms with Crippen LogP contribution in [0.4, 0.5) is 5.69 Å². The van der Waals surface area contributed by atoms with Crippen LogP contribution in [0, 0.1) is 5.92 Å². The normalized spacial score (nSPS) is 15.7. The Balaban J connectivity index is 1.87. The number of nitrogens with one attached hydrogen (secondary N) is 1. The molecule has 0 atom stereocenters. The van der Waals surface area contributed by atoms with Crippen LogP contribution in [0.25, 0.3) is 11.0 Å². The van der Waals surface area contributed by atoms with E-state index in [1.54, 1.807) is 0 Å². The lowest BCUT2D eigenvalue weighted by Crippen LogP contribution is -2.30. The van der Waals surface area contributed by atoms with Crippen LogP contribution < -0.4 is 5.32 Å². The Morgan fingerprint density at radius 2 is 2.00 bits per heavy atom. The molecule has 1 aliphatic rings. The van der Waals surface area contributed by atoms with E-state index in [2.05, 4.69) is 27.8 Å². The molecule has 26 heavy (non-hydrogen) atoms. The van der Waals surface area contributed by atoms with Gasteiger partial charge in [0.15, 0.2) is 0 Å². The zero-order chi connectivity index (χ0) is 18.5. The first-order valence-corrected chi connectivity index (χ1v) is 10.1. The van der Waals surface area contributed by atoms with Crippen LogP contribution in [0.5, 0.6) is 0 Å². The Bertz CT molecular complexity index is 744. The molecule has 1 N–H and O–H groups in total. The van der Waals surface area contributed by atoms with Gasteiger partial charge in [-0.25, -0.2) is 4.98 Å². The van der Waals surface area contributed by atoms with Crippen molar-refractivity contribution >= 4 is 22.6 Å². The minimum Gasteiger partial charge on any atom is -0.327 e. The Hall–Kier alpha value is -1.88. The summed E-state index contributed by atoms with van der Waals surface area (Å²) in [7, 11) is 0. The fourth-order valence-corrected chi connectivity index (χ4v) is 3.55. The van der Waals surface area contributed by atoms with E-state index in [1.807, 2.05) is 26.0 Å². The Kier molecular flexibility index (Phi) is 6.30. The molecular weight excluding hydrogens is 324 g/mol. The molecule has 1 saturated heterocycles. The van der Waals surface area contributed by atoms with Crippen LogP contribution in [-0.4, -0.2) is 33.4 Å². The van der Waals surface area contributed by atoms with Gasteiger partial charge in [0.05, 0.1) is 17.6 Å². The van der Waals surface area contributed by atoms with Gasteiger partial charge < -0.3 is 9.88 Å². The van der Waals surface area contributed by atoms with Gasteiger partial charge in [-0.1, -0.05) is 33.6 Å². The predicted molar refractivity (Wildman–Crippen MR) is 107 cm³/mol. The van der Waals surface area contributed by atoms with Crippen molar-refractivity contribution in [3.63, 3.8) is 0 Å². The lowest BCUT2D eigenvalue weighted by atomic mass is 10.1. The summed E-state index contributed by atoms with van der Waals surface area (Å²) in [6.45, 7) is 10.3. The topological polar surface area (TPSA) is 50.2 Å². The molecule has 0 bridgehead atoms. The van der Waals surface area contributed by atoms with Gasteiger partial charge in [-0.15, -0.1) is 0 Å². The van der Waals surface area contributed by atoms with Crippen molar-refractivity contribution in [2.24, 2.45) is 5.92 Å². The highest BCUT2D eigenvalue weighted by Gasteiger charge is 2.17. The predicted octanol–water partition coefficient (Wildman–Crippen LogP) is 4.42. The first kappa shape index (κ1) is 18.9. The van der Waals surface area contributed by atoms with E-state index in [0.717, 1.165) is 36.5 Å². The minimum absolute atomic E-state index is 0.0255. The maximum Gasteiger partial charge on any atom is 0.226 e. The number of unbranched alkanes of at least 4 members (excludes halogenated alkanes) is 1. The summed E-state index contributed by atoms with van der Waals surface area (Å²) < 4.78 is 2.38. The summed E-state index contributed by atoms with van der Waals surface area (Å²) in [5.41, 5.74) is 2.99. The van der Waals surface area contributed by atoms with E-state index < -0.39 is 0 Å². The molecule has 142 valence electrons. The van der Waals surface area contributed by atoms with Crippen LogP contribution in [-0.2, 0) is 17.9 Å². The first-order chi connectivity index (χ1) is 12.6. The summed E-state index contributed by atoms with van der Waals surface area (Å²) >= 11 is 0. The van der Waals surface area contributed by atoms with Gasteiger partial charge >= 0.3 is 0 Å². The molecule has 0 saturated carbocycles. The molecule has 0 spiro atoms. The Morgan fingerprint density at radius 1 is 1.23 bits per heavy atom. The number of aromatic nitrogens is 2. The summed E-state index contributed by atoms with van der Waals surface area (Å²) in [6.07, 6.45) is 6.26. The van der Waals surface area contributed by atoms with Crippen molar-refractivity contribution < 1.29 is 4.79 Å². The van der Waals surface area contributed by atoms with Crippen LogP contribution in [0.2, 0.25) is 0 Å². The standard InChI is InChI=1S/C21H32N4O/c1-4-5-13-25-19-10-9-17(22-21(26)16(2)3)14-18(19)23-20(25)15-24-11-7-6-8-12-24/h9-10,14,16H,4-8,11-13,15H2,1-3H3,(H,22,26). The second kappa shape index (κ2) is 8.67. The van der Waals surface area contributed by atoms with Crippen molar-refractivity contribution in [1.82, 2.24) is 14.5 Å². The van der Waals surface area contributed by atoms with Gasteiger partial charge in [0.2, 0.25) is 5.91 Å². The Morgan fingerprint density at radius 3 is 2.69 bits per heavy atom. The average molecular weight is 357 g/mol. The zero-order valence-corrected chi connectivity index (χ0v) is 16.4. The van der Waals surface area contributed by atoms with Crippen LogP contribution in [0.3, 0.4) is 0 Å². The SMILES string of the molecule is CCCCn1c(CN2CCCCC2)nc2cc(NC(=O)C(C)C)ccc21. The number of nitrogens with zero attached hydrogens (tertiary/aromatic N) is 3. The Labute approximate surface area is 156 Å². The van der Waals surface area contributed by atoms with E-state index in [4.69, 9.17) is 4.98 Å². The van der Waals surface area contributed by atoms with Gasteiger partial charge in [-0.05, 0) is 50.6 Å². The highest BCUT2D eigenvalue weighted by molar-refractivity contribution is 5.94. The van der Waals surface area contributed by atoms with Gasteiger partial charge in [-0.2, -0.15) is 0 Å². The number of aryl methyl sites for hydroxylation is 1. The van der Waals surface area contributed by atoms with Crippen LogP contribution >= 0.6 is 0 Å². The molecule has 5 nitrogen and oxygen atoms in total. The third-order valence-electron chi connectivity index (χ3n) is 5.17. The van der Waals surface area contributed by atoms with Crippen molar-refractivity contribution in [2.75, 3.05) is 18.4 Å². The second-order valence-electron chi connectivity index (χ2n) is 7.72. The molecule has 1 aliphatic heterocycles. The average Bonchev–Trinajstić information content (AvgIpc) is 2.97. The van der Waals surface area contributed by atoms with Crippen molar-refractivity contribution in [3.8, 4) is 0 Å². The van der Waals surface area contributed by atoms with Gasteiger partial charge in [0.1, 0.15) is 5.82 Å². The summed E-state index contributed by atoms with van der Waals surface area (Å²) in [4.78, 5) is 19.4. The van der Waals surface area contributed by atoms with E-state index in [-0.39, 0.29) is 11.8 Å². The molecule has 2 heterocycles. The molecule has 1 amide bonds. The van der Waals surface area contributed by atoms with Crippen molar-refractivity contribution in [1.29, 1.82) is 0 Å². The van der Waals surface area contributed by atoms with Crippen molar-refractivity contribution in [3.05, 3.63) is 24.0 Å². The molecule has 1 aromatic carbocycles. The van der Waals surface area contributed by atoms with E-state index in [0.29, 0.717) is 0 Å². The quantitative estimate of drug-likeness (QED) is 0.799. The fraction of sp³-hybridized carbons (Fsp3) is 0.619. The largest absolute Gasteiger partial charge is 0.327 e. The molecule has 3 rings (SSSR count). The number of fused-ring (bicyclic) bond motifs is 1. The molecule has 5 heteroatoms. The monoisotopic (exact) mass is 356 g/mol. The number of hydrogen-bond donors (Lipinski definition) is 1. The molecule has 2 aromatic rings. The number of carbonyl (C=O) groups is 1. The number of anilines is 1. The smallest absolute Gasteiger partial charge is 0.226 e. The number of carbonyl (C=O) groups excluding carboxylic acids is 1. The number of likely N-dealkylation sites (tertiary alicyclic amines) is 1. The summed E-state index contributed by atoms with van der Waals surface area (Å²) in [6, 6.07) is 6.11. The zero-order valence-electron chi connectivity index (χ0n) is 16.4. The molecule has 0 unspecified atom stereocenters. The highest BCUT2D eigenvalue weighted by atomic mass is 16.1. The third-order valence-corrected chi connectivity index (χ3v) is 5.17. The molecule has 0 radical (unpaired) electrons. The second-order valence-corrected chi connectivity index (χ2v) is 7.72. The van der Waals surface area contributed by atoms with Crippen molar-refractivity contribution in [2.45, 2.75) is 66.0 Å². The minimum atomic E-state index is -0.0255. The first-order valence-electron chi connectivity index (χ1n) is 10.1. The van der Waals surface area contributed by atoms with E-state index in [1.165, 1.54) is 44.3 Å². The molecule has 0 aliphatic carbocycles. The number of imidazole rings is 1. The highest BCUT2D eigenvalue weighted by Crippen LogP contribution is 2.23. The third kappa shape index (κ3) is 4.44. The summed E-state index contributed by atoms with van der Waals surface area (Å²) in [5.74, 6) is 1.17.